The molecular formula is C10H18O4S2. The fourth-order valence-corrected chi connectivity index (χ4v) is 1.37. The molecule has 0 saturated carbocycles. The Morgan fingerprint density at radius 2 is 1.81 bits per heavy atom. The lowest BCUT2D eigenvalue weighted by Gasteiger charge is -2.13. The van der Waals surface area contributed by atoms with Crippen molar-refractivity contribution < 1.29 is 19.4 Å². The van der Waals surface area contributed by atoms with E-state index >= 15 is 0 Å². The zero-order valence-electron chi connectivity index (χ0n) is 9.26. The zero-order chi connectivity index (χ0) is 12.6. The second-order valence-electron chi connectivity index (χ2n) is 3.46. The van der Waals surface area contributed by atoms with Gasteiger partial charge in [-0.2, -0.15) is 25.3 Å². The van der Waals surface area contributed by atoms with Crippen LogP contribution in [0.3, 0.4) is 0 Å². The van der Waals surface area contributed by atoms with Gasteiger partial charge in [0.2, 0.25) is 0 Å². The Bertz CT molecular complexity index is 233. The number of aliphatic carboxylic acids is 1. The lowest BCUT2D eigenvalue weighted by atomic mass is 10.2. The largest absolute Gasteiger partial charge is 0.480 e. The molecule has 0 aromatic carbocycles. The molecule has 0 bridgehead atoms. The van der Waals surface area contributed by atoms with Crippen molar-refractivity contribution in [1.29, 1.82) is 0 Å². The normalized spacial score (nSPS) is 14.2. The Labute approximate surface area is 107 Å². The molecule has 94 valence electrons. The molecule has 16 heavy (non-hydrogen) atoms. The summed E-state index contributed by atoms with van der Waals surface area (Å²) in [6.45, 7) is 2.41. The maximum absolute atomic E-state index is 11.3. The number of thiol groups is 2. The van der Waals surface area contributed by atoms with Crippen molar-refractivity contribution >= 4 is 37.2 Å². The molecule has 1 N–H and O–H groups in total. The quantitative estimate of drug-likeness (QED) is 0.356. The molecule has 0 radical (unpaired) electrons. The van der Waals surface area contributed by atoms with E-state index < -0.39 is 22.4 Å². The summed E-state index contributed by atoms with van der Waals surface area (Å²) in [5.74, 6) is -1.80. The predicted molar refractivity (Wildman–Crippen MR) is 68.3 cm³/mol. The number of hydrogen-bond acceptors (Lipinski definition) is 5. The van der Waals surface area contributed by atoms with E-state index in [-0.39, 0.29) is 0 Å². The Kier molecular flexibility index (Phi) is 8.56. The lowest BCUT2D eigenvalue weighted by Crippen LogP contribution is -2.33. The van der Waals surface area contributed by atoms with Gasteiger partial charge in [0.25, 0.3) is 0 Å². The fourth-order valence-electron chi connectivity index (χ4n) is 1.05. The van der Waals surface area contributed by atoms with Crippen LogP contribution >= 0.6 is 25.3 Å². The van der Waals surface area contributed by atoms with E-state index in [4.69, 9.17) is 9.84 Å². The van der Waals surface area contributed by atoms with Gasteiger partial charge in [0.05, 0.1) is 6.61 Å². The molecule has 0 heterocycles. The summed E-state index contributed by atoms with van der Waals surface area (Å²) in [6, 6.07) is 0. The second-order valence-corrected chi connectivity index (χ2v) is 4.57. The van der Waals surface area contributed by atoms with Crippen LogP contribution in [-0.4, -0.2) is 34.2 Å². The second kappa shape index (κ2) is 8.75. The molecular weight excluding hydrogens is 248 g/mol. The zero-order valence-corrected chi connectivity index (χ0v) is 11.0. The highest BCUT2D eigenvalue weighted by molar-refractivity contribution is 7.86. The van der Waals surface area contributed by atoms with E-state index in [1.165, 1.54) is 0 Å². The molecule has 0 rings (SSSR count). The van der Waals surface area contributed by atoms with Crippen molar-refractivity contribution in [3.8, 4) is 0 Å². The minimum Gasteiger partial charge on any atom is -0.480 e. The number of carboxylic acid groups (broad SMARTS) is 1. The van der Waals surface area contributed by atoms with Crippen molar-refractivity contribution in [3.05, 3.63) is 0 Å². The number of unbranched alkanes of at least 4 members (excludes halogenated alkanes) is 3. The molecule has 0 amide bonds. The van der Waals surface area contributed by atoms with Gasteiger partial charge in [0, 0.05) is 0 Å². The third-order valence-electron chi connectivity index (χ3n) is 2.04. The third kappa shape index (κ3) is 6.27. The number of rotatable bonds is 8. The molecule has 0 aromatic rings. The Morgan fingerprint density at radius 1 is 1.19 bits per heavy atom. The Morgan fingerprint density at radius 3 is 2.31 bits per heavy atom. The molecule has 0 spiro atoms. The van der Waals surface area contributed by atoms with Gasteiger partial charge in [-0.05, 0) is 6.42 Å². The van der Waals surface area contributed by atoms with Crippen LogP contribution in [0.5, 0.6) is 0 Å². The highest BCUT2D eigenvalue weighted by Crippen LogP contribution is 2.11. The summed E-state index contributed by atoms with van der Waals surface area (Å²) in [4.78, 5) is 21.8. The van der Waals surface area contributed by atoms with E-state index in [0.29, 0.717) is 6.61 Å². The number of ether oxygens (including phenoxy) is 1. The number of esters is 1. The molecule has 4 nitrogen and oxygen atoms in total. The van der Waals surface area contributed by atoms with Crippen molar-refractivity contribution in [2.75, 3.05) is 6.61 Å². The predicted octanol–water partition coefficient (Wildman–Crippen LogP) is 1.79. The first-order valence-corrected chi connectivity index (χ1v) is 6.29. The van der Waals surface area contributed by atoms with Crippen molar-refractivity contribution in [3.63, 3.8) is 0 Å². The van der Waals surface area contributed by atoms with Gasteiger partial charge in [-0.1, -0.05) is 26.2 Å². The fraction of sp³-hybridized carbons (Fsp3) is 0.800. The number of carboxylic acids is 1. The van der Waals surface area contributed by atoms with Crippen LogP contribution in [0, 0.1) is 0 Å². The summed E-state index contributed by atoms with van der Waals surface area (Å²) in [5, 5.41) is 6.46. The number of carbonyl (C=O) groups excluding carboxylic acids is 1. The van der Waals surface area contributed by atoms with Gasteiger partial charge >= 0.3 is 11.9 Å². The summed E-state index contributed by atoms with van der Waals surface area (Å²) >= 11 is 7.63. The SMILES string of the molecule is CCCCCCOC(=O)C(S)C(S)C(=O)O. The minimum absolute atomic E-state index is 0.315. The molecule has 2 unspecified atom stereocenters. The van der Waals surface area contributed by atoms with Crippen molar-refractivity contribution in [1.82, 2.24) is 0 Å². The Balaban J connectivity index is 3.75. The van der Waals surface area contributed by atoms with E-state index in [1.807, 2.05) is 0 Å². The highest BCUT2D eigenvalue weighted by Gasteiger charge is 2.28. The van der Waals surface area contributed by atoms with E-state index in [2.05, 4.69) is 32.2 Å². The van der Waals surface area contributed by atoms with Crippen molar-refractivity contribution in [2.45, 2.75) is 43.1 Å². The first kappa shape index (κ1) is 15.6. The number of carbonyl (C=O) groups is 2. The van der Waals surface area contributed by atoms with E-state index in [1.54, 1.807) is 0 Å². The summed E-state index contributed by atoms with van der Waals surface area (Å²) in [6.07, 6.45) is 4.02. The molecule has 0 fully saturated rings. The van der Waals surface area contributed by atoms with Gasteiger partial charge in [0.1, 0.15) is 10.5 Å². The molecule has 0 aliphatic heterocycles. The van der Waals surface area contributed by atoms with Crippen LogP contribution < -0.4 is 0 Å². The summed E-state index contributed by atoms with van der Waals surface area (Å²) < 4.78 is 4.89. The summed E-state index contributed by atoms with van der Waals surface area (Å²) in [7, 11) is 0. The van der Waals surface area contributed by atoms with Crippen LogP contribution in [-0.2, 0) is 14.3 Å². The molecule has 0 aromatic heterocycles. The van der Waals surface area contributed by atoms with Gasteiger partial charge in [0.15, 0.2) is 0 Å². The molecule has 0 aliphatic rings. The highest BCUT2D eigenvalue weighted by atomic mass is 32.1. The van der Waals surface area contributed by atoms with Crippen LogP contribution in [0.1, 0.15) is 32.6 Å². The van der Waals surface area contributed by atoms with Gasteiger partial charge in [-0.15, -0.1) is 0 Å². The topological polar surface area (TPSA) is 63.6 Å². The third-order valence-corrected chi connectivity index (χ3v) is 3.30. The lowest BCUT2D eigenvalue weighted by molar-refractivity contribution is -0.146. The monoisotopic (exact) mass is 266 g/mol. The first-order chi connectivity index (χ1) is 7.50. The molecule has 0 aliphatic carbocycles. The standard InChI is InChI=1S/C10H18O4S2/c1-2-3-4-5-6-14-10(13)8(16)7(15)9(11)12/h7-8,15-16H,2-6H2,1H3,(H,11,12). The molecule has 6 heteroatoms. The first-order valence-electron chi connectivity index (χ1n) is 5.26. The Hall–Kier alpha value is -0.360. The van der Waals surface area contributed by atoms with E-state index in [0.717, 1.165) is 25.7 Å². The maximum Gasteiger partial charge on any atom is 0.320 e. The smallest absolute Gasteiger partial charge is 0.320 e. The van der Waals surface area contributed by atoms with Crippen LogP contribution in [0.2, 0.25) is 0 Å². The van der Waals surface area contributed by atoms with Crippen LogP contribution in [0.15, 0.2) is 0 Å². The van der Waals surface area contributed by atoms with Gasteiger partial charge in [-0.25, -0.2) is 0 Å². The van der Waals surface area contributed by atoms with Crippen LogP contribution in [0.4, 0.5) is 0 Å². The average molecular weight is 266 g/mol. The van der Waals surface area contributed by atoms with Crippen LogP contribution in [0.25, 0.3) is 0 Å². The van der Waals surface area contributed by atoms with Gasteiger partial charge in [-0.3, -0.25) is 9.59 Å². The number of hydrogen-bond donors (Lipinski definition) is 3. The molecule has 0 saturated heterocycles. The van der Waals surface area contributed by atoms with E-state index in [9.17, 15) is 9.59 Å². The average Bonchev–Trinajstić information content (AvgIpc) is 2.26. The van der Waals surface area contributed by atoms with Gasteiger partial charge < -0.3 is 9.84 Å². The van der Waals surface area contributed by atoms with Crippen molar-refractivity contribution in [2.24, 2.45) is 0 Å². The maximum atomic E-state index is 11.3. The minimum atomic E-state index is -1.17. The molecule has 2 atom stereocenters. The summed E-state index contributed by atoms with van der Waals surface area (Å²) in [5.41, 5.74) is 0.